The number of aliphatic hydroxyl groups excluding tert-OH is 1. The molecule has 20 heavy (non-hydrogen) atoms. The number of carbonyl (C=O) groups excluding carboxylic acids is 1. The Hall–Kier alpha value is -1.35. The fourth-order valence-electron chi connectivity index (χ4n) is 2.60. The predicted octanol–water partition coefficient (Wildman–Crippen LogP) is 2.86. The van der Waals surface area contributed by atoms with Crippen LogP contribution in [0.1, 0.15) is 43.4 Å². The van der Waals surface area contributed by atoms with Gasteiger partial charge in [0.15, 0.2) is 0 Å². The van der Waals surface area contributed by atoms with Gasteiger partial charge in [0, 0.05) is 12.6 Å². The van der Waals surface area contributed by atoms with Crippen LogP contribution in [0.15, 0.2) is 18.2 Å². The van der Waals surface area contributed by atoms with Crippen molar-refractivity contribution in [2.45, 2.75) is 53.0 Å². The summed E-state index contributed by atoms with van der Waals surface area (Å²) in [4.78, 5) is 14.4. The van der Waals surface area contributed by atoms with E-state index in [1.807, 2.05) is 18.7 Å². The second kappa shape index (κ2) is 8.05. The van der Waals surface area contributed by atoms with Gasteiger partial charge in [-0.25, -0.2) is 0 Å². The minimum atomic E-state index is 0.0229. The van der Waals surface area contributed by atoms with Crippen LogP contribution < -0.4 is 0 Å². The molecule has 1 amide bonds. The lowest BCUT2D eigenvalue weighted by Crippen LogP contribution is -2.42. The first-order chi connectivity index (χ1) is 9.53. The van der Waals surface area contributed by atoms with Gasteiger partial charge in [-0.05, 0) is 37.8 Å². The molecule has 1 rings (SSSR count). The number of nitrogens with zero attached hydrogens (tertiary/aromatic N) is 1. The topological polar surface area (TPSA) is 40.5 Å². The van der Waals surface area contributed by atoms with Crippen molar-refractivity contribution in [2.24, 2.45) is 0 Å². The second-order valence-corrected chi connectivity index (χ2v) is 5.39. The maximum atomic E-state index is 12.5. The number of aryl methyl sites for hydroxylation is 2. The maximum absolute atomic E-state index is 12.5. The monoisotopic (exact) mass is 277 g/mol. The molecule has 0 fully saturated rings. The Morgan fingerprint density at radius 2 is 1.90 bits per heavy atom. The lowest BCUT2D eigenvalue weighted by molar-refractivity contribution is -0.133. The Kier molecular flexibility index (Phi) is 6.73. The zero-order valence-electron chi connectivity index (χ0n) is 13.1. The molecule has 0 aromatic heterocycles. The molecule has 1 N–H and O–H groups in total. The molecular weight excluding hydrogens is 250 g/mol. The van der Waals surface area contributed by atoms with E-state index in [4.69, 9.17) is 0 Å². The third-order valence-corrected chi connectivity index (χ3v) is 3.89. The molecule has 0 aliphatic carbocycles. The van der Waals surface area contributed by atoms with Gasteiger partial charge >= 0.3 is 0 Å². The molecule has 0 bridgehead atoms. The third kappa shape index (κ3) is 4.34. The highest BCUT2D eigenvalue weighted by molar-refractivity contribution is 5.79. The molecule has 0 heterocycles. The summed E-state index contributed by atoms with van der Waals surface area (Å²) in [5, 5.41) is 9.20. The molecule has 0 aliphatic rings. The minimum absolute atomic E-state index is 0.0229. The fraction of sp³-hybridized carbons (Fsp3) is 0.588. The fourth-order valence-corrected chi connectivity index (χ4v) is 2.60. The molecule has 1 aromatic rings. The Morgan fingerprint density at radius 3 is 2.45 bits per heavy atom. The molecule has 0 spiro atoms. The highest BCUT2D eigenvalue weighted by atomic mass is 16.3. The van der Waals surface area contributed by atoms with Crippen molar-refractivity contribution >= 4 is 5.91 Å². The van der Waals surface area contributed by atoms with Crippen molar-refractivity contribution in [3.8, 4) is 0 Å². The number of aliphatic hydroxyl groups is 1. The van der Waals surface area contributed by atoms with Crippen LogP contribution in [0.4, 0.5) is 0 Å². The molecule has 0 atom stereocenters. The molecule has 1 aromatic carbocycles. The van der Waals surface area contributed by atoms with Crippen molar-refractivity contribution in [2.75, 3.05) is 13.2 Å². The van der Waals surface area contributed by atoms with E-state index in [0.29, 0.717) is 13.0 Å². The first-order valence-corrected chi connectivity index (χ1v) is 7.49. The minimum Gasteiger partial charge on any atom is -0.395 e. The number of hydrogen-bond acceptors (Lipinski definition) is 2. The first-order valence-electron chi connectivity index (χ1n) is 7.49. The summed E-state index contributed by atoms with van der Waals surface area (Å²) in [5.41, 5.74) is 3.41. The zero-order valence-corrected chi connectivity index (χ0v) is 13.1. The van der Waals surface area contributed by atoms with Gasteiger partial charge in [0.05, 0.1) is 13.0 Å². The van der Waals surface area contributed by atoms with E-state index in [9.17, 15) is 9.90 Å². The lowest BCUT2D eigenvalue weighted by Gasteiger charge is -2.30. The molecule has 0 saturated carbocycles. The molecule has 0 saturated heterocycles. The molecule has 0 aliphatic heterocycles. The number of rotatable bonds is 7. The Balaban J connectivity index is 2.87. The van der Waals surface area contributed by atoms with Gasteiger partial charge in [0.1, 0.15) is 0 Å². The van der Waals surface area contributed by atoms with E-state index >= 15 is 0 Å². The first kappa shape index (κ1) is 16.7. The van der Waals surface area contributed by atoms with Crippen LogP contribution in [0.2, 0.25) is 0 Å². The summed E-state index contributed by atoms with van der Waals surface area (Å²) in [7, 11) is 0. The molecular formula is C17H27NO2. The van der Waals surface area contributed by atoms with Crippen LogP contribution in [0.5, 0.6) is 0 Å². The van der Waals surface area contributed by atoms with E-state index in [0.717, 1.165) is 24.0 Å². The van der Waals surface area contributed by atoms with E-state index in [-0.39, 0.29) is 18.6 Å². The van der Waals surface area contributed by atoms with Crippen molar-refractivity contribution in [3.05, 3.63) is 34.9 Å². The average molecular weight is 277 g/mol. The van der Waals surface area contributed by atoms with Gasteiger partial charge in [0.25, 0.3) is 0 Å². The normalized spacial score (nSPS) is 10.9. The summed E-state index contributed by atoms with van der Waals surface area (Å²) < 4.78 is 0. The zero-order chi connectivity index (χ0) is 15.1. The van der Waals surface area contributed by atoms with Crippen LogP contribution in [0, 0.1) is 13.8 Å². The lowest BCUT2D eigenvalue weighted by atomic mass is 10.0. The van der Waals surface area contributed by atoms with Crippen molar-refractivity contribution in [1.82, 2.24) is 4.90 Å². The van der Waals surface area contributed by atoms with Gasteiger partial charge in [-0.15, -0.1) is 0 Å². The molecule has 0 unspecified atom stereocenters. The van der Waals surface area contributed by atoms with Gasteiger partial charge in [-0.1, -0.05) is 37.6 Å². The largest absolute Gasteiger partial charge is 0.395 e. The van der Waals surface area contributed by atoms with E-state index in [1.54, 1.807) is 0 Å². The quantitative estimate of drug-likeness (QED) is 0.832. The van der Waals surface area contributed by atoms with Crippen molar-refractivity contribution in [1.29, 1.82) is 0 Å². The maximum Gasteiger partial charge on any atom is 0.227 e. The number of hydrogen-bond donors (Lipinski definition) is 1. The van der Waals surface area contributed by atoms with E-state index in [2.05, 4.69) is 32.0 Å². The van der Waals surface area contributed by atoms with Crippen molar-refractivity contribution < 1.29 is 9.90 Å². The highest BCUT2D eigenvalue weighted by Crippen LogP contribution is 2.15. The van der Waals surface area contributed by atoms with Gasteiger partial charge < -0.3 is 10.0 Å². The summed E-state index contributed by atoms with van der Waals surface area (Å²) in [6.07, 6.45) is 2.27. The number of carbonyl (C=O) groups is 1. The van der Waals surface area contributed by atoms with E-state index < -0.39 is 0 Å². The number of benzene rings is 1. The predicted molar refractivity (Wildman–Crippen MR) is 82.8 cm³/mol. The smallest absolute Gasteiger partial charge is 0.227 e. The third-order valence-electron chi connectivity index (χ3n) is 3.89. The standard InChI is InChI=1S/C17H27NO2/c1-5-16(6-2)18(9-10-19)17(20)12-15-11-13(3)7-8-14(15)4/h7-8,11,16,19H,5-6,9-10,12H2,1-4H3. The summed E-state index contributed by atoms with van der Waals surface area (Å²) in [6.45, 7) is 8.70. The van der Waals surface area contributed by atoms with Crippen LogP contribution >= 0.6 is 0 Å². The van der Waals surface area contributed by atoms with Crippen LogP contribution in [-0.4, -0.2) is 35.1 Å². The molecule has 3 heteroatoms. The second-order valence-electron chi connectivity index (χ2n) is 5.39. The van der Waals surface area contributed by atoms with Crippen molar-refractivity contribution in [3.63, 3.8) is 0 Å². The highest BCUT2D eigenvalue weighted by Gasteiger charge is 2.21. The summed E-state index contributed by atoms with van der Waals surface area (Å²) >= 11 is 0. The molecule has 112 valence electrons. The van der Waals surface area contributed by atoms with Gasteiger partial charge in [0.2, 0.25) is 5.91 Å². The van der Waals surface area contributed by atoms with Crippen LogP contribution in [0.25, 0.3) is 0 Å². The van der Waals surface area contributed by atoms with Crippen LogP contribution in [-0.2, 0) is 11.2 Å². The average Bonchev–Trinajstić information content (AvgIpc) is 2.43. The van der Waals surface area contributed by atoms with Gasteiger partial charge in [-0.2, -0.15) is 0 Å². The Morgan fingerprint density at radius 1 is 1.25 bits per heavy atom. The Bertz CT molecular complexity index is 439. The summed E-state index contributed by atoms with van der Waals surface area (Å²) in [6, 6.07) is 6.43. The van der Waals surface area contributed by atoms with Gasteiger partial charge in [-0.3, -0.25) is 4.79 Å². The van der Waals surface area contributed by atoms with E-state index in [1.165, 1.54) is 5.56 Å². The molecule has 0 radical (unpaired) electrons. The number of amides is 1. The molecule has 3 nitrogen and oxygen atoms in total. The summed E-state index contributed by atoms with van der Waals surface area (Å²) in [5.74, 6) is 0.112. The Labute approximate surface area is 122 Å². The SMILES string of the molecule is CCC(CC)N(CCO)C(=O)Cc1cc(C)ccc1C. The van der Waals surface area contributed by atoms with Crippen LogP contribution in [0.3, 0.4) is 0 Å².